The van der Waals surface area contributed by atoms with E-state index in [0.717, 1.165) is 16.9 Å². The first-order chi connectivity index (χ1) is 18.1. The fourth-order valence-corrected chi connectivity index (χ4v) is 5.00. The minimum atomic E-state index is -0.646. The van der Waals surface area contributed by atoms with Crippen LogP contribution in [0.2, 0.25) is 0 Å². The first kappa shape index (κ1) is 22.7. The summed E-state index contributed by atoms with van der Waals surface area (Å²) in [6, 6.07) is 18.7. The SMILES string of the molecule is O[C@@H]1CO[C@H]2[C@@H]1OC[C@H]2Oc1cc2nc(-c3ccc(-c4ccc(OC5COC5)cc4)cc3)c(F)cc2[nH]1. The Morgan fingerprint density at radius 1 is 0.838 bits per heavy atom. The lowest BCUT2D eigenvalue weighted by Gasteiger charge is -2.26. The molecule has 37 heavy (non-hydrogen) atoms. The smallest absolute Gasteiger partial charge is 0.193 e. The van der Waals surface area contributed by atoms with Crippen molar-refractivity contribution in [3.05, 3.63) is 66.5 Å². The van der Waals surface area contributed by atoms with E-state index < -0.39 is 11.9 Å². The van der Waals surface area contributed by atoms with Gasteiger partial charge in [0.15, 0.2) is 17.8 Å². The van der Waals surface area contributed by atoms with Crippen LogP contribution in [0.25, 0.3) is 33.4 Å². The van der Waals surface area contributed by atoms with E-state index >= 15 is 4.39 Å². The van der Waals surface area contributed by atoms with Gasteiger partial charge < -0.3 is 33.8 Å². The number of hydrogen-bond acceptors (Lipinski definition) is 7. The molecule has 3 saturated heterocycles. The van der Waals surface area contributed by atoms with Crippen LogP contribution >= 0.6 is 0 Å². The summed E-state index contributed by atoms with van der Waals surface area (Å²) in [5.74, 6) is 0.837. The van der Waals surface area contributed by atoms with Crippen molar-refractivity contribution >= 4 is 11.0 Å². The Bertz CT molecular complexity index is 1420. The van der Waals surface area contributed by atoms with Crippen molar-refractivity contribution in [3.8, 4) is 34.0 Å². The Labute approximate surface area is 211 Å². The Balaban J connectivity index is 1.08. The average Bonchev–Trinajstić information content (AvgIpc) is 3.58. The van der Waals surface area contributed by atoms with Crippen LogP contribution < -0.4 is 9.47 Å². The lowest BCUT2D eigenvalue weighted by molar-refractivity contribution is -0.0796. The Morgan fingerprint density at radius 3 is 2.27 bits per heavy atom. The third kappa shape index (κ3) is 4.23. The first-order valence-corrected chi connectivity index (χ1v) is 12.3. The molecule has 2 aromatic carbocycles. The minimum absolute atomic E-state index is 0.131. The molecule has 190 valence electrons. The molecule has 3 fully saturated rings. The second kappa shape index (κ2) is 9.11. The van der Waals surface area contributed by atoms with E-state index in [-0.39, 0.29) is 36.7 Å². The molecule has 0 unspecified atom stereocenters. The van der Waals surface area contributed by atoms with Gasteiger partial charge in [0.2, 0.25) is 0 Å². The maximum Gasteiger partial charge on any atom is 0.193 e. The summed E-state index contributed by atoms with van der Waals surface area (Å²) in [4.78, 5) is 7.63. The highest BCUT2D eigenvalue weighted by atomic mass is 19.1. The highest BCUT2D eigenvalue weighted by Gasteiger charge is 2.48. The largest absolute Gasteiger partial charge is 0.486 e. The van der Waals surface area contributed by atoms with Crippen molar-refractivity contribution in [1.82, 2.24) is 9.97 Å². The zero-order valence-electron chi connectivity index (χ0n) is 19.8. The molecule has 4 atom stereocenters. The van der Waals surface area contributed by atoms with Crippen LogP contribution in [-0.2, 0) is 14.2 Å². The molecule has 2 aromatic heterocycles. The average molecular weight is 505 g/mol. The van der Waals surface area contributed by atoms with Crippen LogP contribution in [0.5, 0.6) is 11.6 Å². The third-order valence-corrected chi connectivity index (χ3v) is 7.05. The number of ether oxygens (including phenoxy) is 5. The van der Waals surface area contributed by atoms with Gasteiger partial charge in [-0.25, -0.2) is 9.37 Å². The normalized spacial score (nSPS) is 25.2. The maximum absolute atomic E-state index is 15.0. The molecule has 7 rings (SSSR count). The molecule has 5 heterocycles. The monoisotopic (exact) mass is 504 g/mol. The molecule has 2 N–H and O–H groups in total. The van der Waals surface area contributed by atoms with Crippen LogP contribution in [0, 0.1) is 5.82 Å². The fourth-order valence-electron chi connectivity index (χ4n) is 5.00. The maximum atomic E-state index is 15.0. The number of halogens is 1. The summed E-state index contributed by atoms with van der Waals surface area (Å²) in [5, 5.41) is 9.92. The van der Waals surface area contributed by atoms with Crippen LogP contribution in [0.1, 0.15) is 0 Å². The number of nitrogens with one attached hydrogen (secondary N) is 1. The number of benzene rings is 2. The number of nitrogens with zero attached hydrogens (tertiary/aromatic N) is 1. The molecule has 0 radical (unpaired) electrons. The quantitative estimate of drug-likeness (QED) is 0.413. The standard InChI is InChI=1S/C28H25FN2O6/c29-20-9-21-22(10-25(30-21)37-24-14-35-27-23(32)13-34-28(24)27)31-26(20)17-3-1-15(2-4-17)16-5-7-18(8-6-16)36-19-11-33-12-19/h1-10,19,23-24,27-28,30,32H,11-14H2/t23-,24-,27-,28-/m1/s1. The molecule has 0 spiro atoms. The van der Waals surface area contributed by atoms with E-state index in [1.54, 1.807) is 6.07 Å². The van der Waals surface area contributed by atoms with E-state index in [1.807, 2.05) is 48.5 Å². The lowest BCUT2D eigenvalue weighted by atomic mass is 10.0. The van der Waals surface area contributed by atoms with Crippen molar-refractivity contribution in [2.75, 3.05) is 26.4 Å². The minimum Gasteiger partial charge on any atom is -0.486 e. The van der Waals surface area contributed by atoms with Gasteiger partial charge in [0.25, 0.3) is 0 Å². The number of aromatic amines is 1. The molecule has 0 aliphatic carbocycles. The number of H-pyrrole nitrogens is 1. The van der Waals surface area contributed by atoms with Crippen molar-refractivity contribution < 1.29 is 33.2 Å². The summed E-state index contributed by atoms with van der Waals surface area (Å²) in [6.45, 7) is 1.80. The number of aromatic nitrogens is 2. The van der Waals surface area contributed by atoms with Crippen LogP contribution in [0.4, 0.5) is 4.39 Å². The van der Waals surface area contributed by atoms with E-state index in [1.165, 1.54) is 6.07 Å². The lowest BCUT2D eigenvalue weighted by Crippen LogP contribution is -2.38. The summed E-state index contributed by atoms with van der Waals surface area (Å²) >= 11 is 0. The molecule has 0 saturated carbocycles. The first-order valence-electron chi connectivity index (χ1n) is 12.3. The van der Waals surface area contributed by atoms with E-state index in [9.17, 15) is 5.11 Å². The second-order valence-corrected chi connectivity index (χ2v) is 9.58. The Hall–Kier alpha value is -3.50. The molecule has 3 aliphatic rings. The van der Waals surface area contributed by atoms with Crippen LogP contribution in [-0.4, -0.2) is 72.0 Å². The second-order valence-electron chi connectivity index (χ2n) is 9.58. The summed E-state index contributed by atoms with van der Waals surface area (Å²) in [6.07, 6.45) is -1.59. The van der Waals surface area contributed by atoms with Gasteiger partial charge in [-0.3, -0.25) is 0 Å². The van der Waals surface area contributed by atoms with E-state index in [2.05, 4.69) is 9.97 Å². The van der Waals surface area contributed by atoms with Crippen molar-refractivity contribution in [2.45, 2.75) is 30.5 Å². The highest BCUT2D eigenvalue weighted by Crippen LogP contribution is 2.32. The number of fused-ring (bicyclic) bond motifs is 2. The van der Waals surface area contributed by atoms with Crippen LogP contribution in [0.3, 0.4) is 0 Å². The number of rotatable bonds is 6. The summed E-state index contributed by atoms with van der Waals surface area (Å²) < 4.78 is 43.2. The Kier molecular flexibility index (Phi) is 5.58. The predicted molar refractivity (Wildman–Crippen MR) is 132 cm³/mol. The number of pyridine rings is 1. The molecule has 8 nitrogen and oxygen atoms in total. The van der Waals surface area contributed by atoms with Crippen molar-refractivity contribution in [1.29, 1.82) is 0 Å². The molecule has 0 bridgehead atoms. The number of hydrogen-bond donors (Lipinski definition) is 2. The number of aliphatic hydroxyl groups is 1. The van der Waals surface area contributed by atoms with Gasteiger partial charge in [-0.2, -0.15) is 0 Å². The summed E-state index contributed by atoms with van der Waals surface area (Å²) in [7, 11) is 0. The third-order valence-electron chi connectivity index (χ3n) is 7.05. The van der Waals surface area contributed by atoms with Gasteiger partial charge in [-0.05, 0) is 23.3 Å². The van der Waals surface area contributed by atoms with Gasteiger partial charge in [-0.15, -0.1) is 0 Å². The molecular weight excluding hydrogens is 479 g/mol. The molecule has 3 aliphatic heterocycles. The van der Waals surface area contributed by atoms with Gasteiger partial charge in [-0.1, -0.05) is 36.4 Å². The zero-order chi connectivity index (χ0) is 24.9. The highest BCUT2D eigenvalue weighted by molar-refractivity contribution is 5.81. The Morgan fingerprint density at radius 2 is 1.54 bits per heavy atom. The van der Waals surface area contributed by atoms with Crippen molar-refractivity contribution in [2.24, 2.45) is 0 Å². The zero-order valence-corrected chi connectivity index (χ0v) is 19.8. The van der Waals surface area contributed by atoms with Gasteiger partial charge in [0.1, 0.15) is 35.9 Å². The van der Waals surface area contributed by atoms with E-state index in [4.69, 9.17) is 23.7 Å². The molecule has 0 amide bonds. The molecule has 9 heteroatoms. The van der Waals surface area contributed by atoms with Gasteiger partial charge >= 0.3 is 0 Å². The van der Waals surface area contributed by atoms with Gasteiger partial charge in [0.05, 0.1) is 37.5 Å². The molecular formula is C28H25FN2O6. The molecule has 4 aromatic rings. The summed E-state index contributed by atoms with van der Waals surface area (Å²) in [5.41, 5.74) is 4.12. The van der Waals surface area contributed by atoms with Gasteiger partial charge in [0, 0.05) is 17.7 Å². The topological polar surface area (TPSA) is 95.1 Å². The number of aliphatic hydroxyl groups excluding tert-OH is 1. The predicted octanol–water partition coefficient (Wildman–Crippen LogP) is 3.72. The van der Waals surface area contributed by atoms with Crippen LogP contribution in [0.15, 0.2) is 60.7 Å². The van der Waals surface area contributed by atoms with Crippen molar-refractivity contribution in [3.63, 3.8) is 0 Å². The van der Waals surface area contributed by atoms with E-state index in [0.29, 0.717) is 42.3 Å². The fraction of sp³-hybridized carbons (Fsp3) is 0.321.